The zero-order valence-electron chi connectivity index (χ0n) is 15.0. The maximum Gasteiger partial charge on any atom is 0.265 e. The van der Waals surface area contributed by atoms with Crippen molar-refractivity contribution >= 4 is 27.3 Å². The highest BCUT2D eigenvalue weighted by Crippen LogP contribution is 2.33. The molecule has 0 aliphatic carbocycles. The van der Waals surface area contributed by atoms with E-state index in [1.54, 1.807) is 12.1 Å². The summed E-state index contributed by atoms with van der Waals surface area (Å²) in [7, 11) is -2.58. The third-order valence-electron chi connectivity index (χ3n) is 4.25. The quantitative estimate of drug-likeness (QED) is 0.689. The number of rotatable bonds is 4. The second-order valence-corrected chi connectivity index (χ2v) is 8.14. The Kier molecular flexibility index (Phi) is 4.60. The van der Waals surface area contributed by atoms with Crippen LogP contribution in [0.5, 0.6) is 11.6 Å². The van der Waals surface area contributed by atoms with Crippen molar-refractivity contribution in [2.45, 2.75) is 18.4 Å². The van der Waals surface area contributed by atoms with Crippen molar-refractivity contribution in [3.05, 3.63) is 41.3 Å². The first-order valence-electron chi connectivity index (χ1n) is 8.28. The molecule has 2 aromatic heterocycles. The predicted octanol–water partition coefficient (Wildman–Crippen LogP) is 2.50. The molecule has 0 radical (unpaired) electrons. The number of fused-ring (bicyclic) bond motifs is 3. The molecule has 0 atom stereocenters. The SMILES string of the molecule is COc1ccc(Cl)cc1S(=O)(=O)Nc1cnc2c(c1)-c1nnc(C)n1CCO2. The summed E-state index contributed by atoms with van der Waals surface area (Å²) < 4.78 is 40.9. The molecule has 1 aliphatic heterocycles. The summed E-state index contributed by atoms with van der Waals surface area (Å²) in [6.07, 6.45) is 1.38. The summed E-state index contributed by atoms with van der Waals surface area (Å²) in [5.74, 6) is 1.85. The number of nitrogens with one attached hydrogen (secondary N) is 1. The molecule has 3 heterocycles. The number of aromatic nitrogens is 4. The molecule has 0 fully saturated rings. The number of hydrogen-bond donors (Lipinski definition) is 1. The standard InChI is InChI=1S/C17H16ClN5O4S/c1-10-20-21-16-13-8-12(9-19-17(13)27-6-5-23(10)16)22-28(24,25)15-7-11(18)3-4-14(15)26-2/h3-4,7-9,22H,5-6H2,1-2H3. The zero-order valence-corrected chi connectivity index (χ0v) is 16.6. The molecule has 11 heteroatoms. The molecule has 0 bridgehead atoms. The summed E-state index contributed by atoms with van der Waals surface area (Å²) >= 11 is 5.96. The Morgan fingerprint density at radius 2 is 2.11 bits per heavy atom. The van der Waals surface area contributed by atoms with Gasteiger partial charge >= 0.3 is 0 Å². The van der Waals surface area contributed by atoms with Crippen LogP contribution in [0, 0.1) is 6.92 Å². The molecule has 9 nitrogen and oxygen atoms in total. The van der Waals surface area contributed by atoms with Crippen LogP contribution in [0.3, 0.4) is 0 Å². The van der Waals surface area contributed by atoms with Crippen LogP contribution in [-0.4, -0.2) is 41.9 Å². The molecule has 0 spiro atoms. The van der Waals surface area contributed by atoms with Crippen LogP contribution in [0.2, 0.25) is 5.02 Å². The molecule has 3 aromatic rings. The molecule has 0 unspecified atom stereocenters. The zero-order chi connectivity index (χ0) is 19.9. The normalized spacial score (nSPS) is 13.1. The van der Waals surface area contributed by atoms with Gasteiger partial charge in [-0.2, -0.15) is 0 Å². The van der Waals surface area contributed by atoms with Gasteiger partial charge in [0.05, 0.1) is 31.1 Å². The number of halogens is 1. The highest BCUT2D eigenvalue weighted by Gasteiger charge is 2.24. The molecule has 0 amide bonds. The molecular formula is C17H16ClN5O4S. The minimum atomic E-state index is -3.97. The minimum Gasteiger partial charge on any atom is -0.495 e. The fourth-order valence-corrected chi connectivity index (χ4v) is 4.40. The molecule has 1 aromatic carbocycles. The van der Waals surface area contributed by atoms with Gasteiger partial charge in [0.1, 0.15) is 23.1 Å². The number of hydrogen-bond acceptors (Lipinski definition) is 7. The first-order chi connectivity index (χ1) is 13.4. The fraction of sp³-hybridized carbons (Fsp3) is 0.235. The van der Waals surface area contributed by atoms with E-state index in [2.05, 4.69) is 19.9 Å². The van der Waals surface area contributed by atoms with E-state index in [0.717, 1.165) is 5.82 Å². The van der Waals surface area contributed by atoms with Gasteiger partial charge in [0.2, 0.25) is 5.88 Å². The molecule has 0 saturated carbocycles. The Morgan fingerprint density at radius 1 is 1.29 bits per heavy atom. The average molecular weight is 422 g/mol. The predicted molar refractivity (Wildman–Crippen MR) is 102 cm³/mol. The molecule has 0 saturated heterocycles. The lowest BCUT2D eigenvalue weighted by Gasteiger charge is -2.13. The third-order valence-corrected chi connectivity index (χ3v) is 5.89. The van der Waals surface area contributed by atoms with Gasteiger partial charge in [-0.3, -0.25) is 4.72 Å². The molecule has 1 N–H and O–H groups in total. The van der Waals surface area contributed by atoms with Crippen LogP contribution in [0.4, 0.5) is 5.69 Å². The van der Waals surface area contributed by atoms with E-state index in [-0.39, 0.29) is 21.4 Å². The number of ether oxygens (including phenoxy) is 2. The van der Waals surface area contributed by atoms with Gasteiger partial charge in [-0.1, -0.05) is 11.6 Å². The van der Waals surface area contributed by atoms with Crippen molar-refractivity contribution in [2.24, 2.45) is 0 Å². The van der Waals surface area contributed by atoms with Crippen molar-refractivity contribution in [3.8, 4) is 23.0 Å². The number of nitrogens with zero attached hydrogens (tertiary/aromatic N) is 4. The molecular weight excluding hydrogens is 406 g/mol. The van der Waals surface area contributed by atoms with Gasteiger partial charge in [-0.05, 0) is 31.2 Å². The van der Waals surface area contributed by atoms with Gasteiger partial charge in [-0.25, -0.2) is 13.4 Å². The first kappa shape index (κ1) is 18.5. The van der Waals surface area contributed by atoms with Crippen molar-refractivity contribution < 1.29 is 17.9 Å². The van der Waals surface area contributed by atoms with E-state index in [9.17, 15) is 8.42 Å². The van der Waals surface area contributed by atoms with E-state index in [1.165, 1.54) is 25.4 Å². The van der Waals surface area contributed by atoms with Crippen molar-refractivity contribution in [2.75, 3.05) is 18.4 Å². The van der Waals surface area contributed by atoms with E-state index in [0.29, 0.717) is 30.4 Å². The Labute approximate surface area is 166 Å². The number of methoxy groups -OCH3 is 1. The Hall–Kier alpha value is -2.85. The lowest BCUT2D eigenvalue weighted by atomic mass is 10.2. The van der Waals surface area contributed by atoms with Crippen molar-refractivity contribution in [1.82, 2.24) is 19.7 Å². The summed E-state index contributed by atoms with van der Waals surface area (Å²) in [6.45, 7) is 2.83. The topological polar surface area (TPSA) is 108 Å². The molecule has 4 rings (SSSR count). The Bertz CT molecular complexity index is 1160. The maximum atomic E-state index is 12.9. The van der Waals surface area contributed by atoms with Gasteiger partial charge in [0, 0.05) is 5.02 Å². The van der Waals surface area contributed by atoms with Gasteiger partial charge < -0.3 is 14.0 Å². The van der Waals surface area contributed by atoms with E-state index in [1.807, 2.05) is 11.5 Å². The van der Waals surface area contributed by atoms with Gasteiger partial charge in [0.25, 0.3) is 10.0 Å². The van der Waals surface area contributed by atoms with Crippen molar-refractivity contribution in [1.29, 1.82) is 0 Å². The summed E-state index contributed by atoms with van der Waals surface area (Å²) in [6, 6.07) is 5.98. The van der Waals surface area contributed by atoms with Crippen LogP contribution in [0.25, 0.3) is 11.4 Å². The largest absolute Gasteiger partial charge is 0.495 e. The Morgan fingerprint density at radius 3 is 2.89 bits per heavy atom. The highest BCUT2D eigenvalue weighted by atomic mass is 35.5. The van der Waals surface area contributed by atoms with E-state index >= 15 is 0 Å². The lowest BCUT2D eigenvalue weighted by molar-refractivity contribution is 0.294. The van der Waals surface area contributed by atoms with Crippen LogP contribution in [-0.2, 0) is 16.6 Å². The molecule has 28 heavy (non-hydrogen) atoms. The van der Waals surface area contributed by atoms with Crippen LogP contribution >= 0.6 is 11.6 Å². The number of benzene rings is 1. The molecule has 146 valence electrons. The van der Waals surface area contributed by atoms with Crippen LogP contribution < -0.4 is 14.2 Å². The number of anilines is 1. The summed E-state index contributed by atoms with van der Waals surface area (Å²) in [4.78, 5) is 4.16. The summed E-state index contributed by atoms with van der Waals surface area (Å²) in [5, 5.41) is 8.53. The number of pyridine rings is 1. The second kappa shape index (κ2) is 6.95. The molecule has 1 aliphatic rings. The smallest absolute Gasteiger partial charge is 0.265 e. The van der Waals surface area contributed by atoms with Gasteiger partial charge in [-0.15, -0.1) is 10.2 Å². The monoisotopic (exact) mass is 421 g/mol. The number of sulfonamides is 1. The second-order valence-electron chi connectivity index (χ2n) is 6.05. The van der Waals surface area contributed by atoms with Crippen LogP contribution in [0.15, 0.2) is 35.4 Å². The fourth-order valence-electron chi connectivity index (χ4n) is 2.94. The lowest BCUT2D eigenvalue weighted by Crippen LogP contribution is -2.14. The minimum absolute atomic E-state index is 0.0762. The average Bonchev–Trinajstić information content (AvgIpc) is 2.92. The van der Waals surface area contributed by atoms with E-state index in [4.69, 9.17) is 21.1 Å². The van der Waals surface area contributed by atoms with Gasteiger partial charge in [0.15, 0.2) is 5.82 Å². The first-order valence-corrected chi connectivity index (χ1v) is 10.1. The number of aryl methyl sites for hydroxylation is 1. The Balaban J connectivity index is 1.75. The summed E-state index contributed by atoms with van der Waals surface area (Å²) in [5.41, 5.74) is 0.801. The maximum absolute atomic E-state index is 12.9. The third kappa shape index (κ3) is 3.25. The van der Waals surface area contributed by atoms with E-state index < -0.39 is 10.0 Å². The van der Waals surface area contributed by atoms with Crippen molar-refractivity contribution in [3.63, 3.8) is 0 Å². The van der Waals surface area contributed by atoms with Crippen LogP contribution in [0.1, 0.15) is 5.82 Å². The highest BCUT2D eigenvalue weighted by molar-refractivity contribution is 7.92.